The second kappa shape index (κ2) is 5.52. The first-order valence-electron chi connectivity index (χ1n) is 6.09. The van der Waals surface area contributed by atoms with E-state index in [1.165, 1.54) is 0 Å². The van der Waals surface area contributed by atoms with Crippen LogP contribution in [0.1, 0.15) is 24.4 Å². The van der Waals surface area contributed by atoms with E-state index in [0.29, 0.717) is 0 Å². The number of halogens is 3. The summed E-state index contributed by atoms with van der Waals surface area (Å²) in [5, 5.41) is 2.46. The van der Waals surface area contributed by atoms with Crippen LogP contribution in [0.2, 0.25) is 0 Å². The summed E-state index contributed by atoms with van der Waals surface area (Å²) in [6.07, 6.45) is -4.42. The minimum atomic E-state index is -4.60. The fourth-order valence-electron chi connectivity index (χ4n) is 2.09. The Morgan fingerprint density at radius 3 is 2.45 bits per heavy atom. The molecule has 0 bridgehead atoms. The number of nitrogens with one attached hydrogen (secondary N) is 1. The van der Waals surface area contributed by atoms with E-state index in [1.54, 1.807) is 30.3 Å². The summed E-state index contributed by atoms with van der Waals surface area (Å²) in [6, 6.07) is 7.39. The van der Waals surface area contributed by atoms with E-state index in [0.717, 1.165) is 5.56 Å². The lowest BCUT2D eigenvalue weighted by Crippen LogP contribution is -2.46. The van der Waals surface area contributed by atoms with E-state index in [2.05, 4.69) is 5.32 Å². The first-order chi connectivity index (χ1) is 9.37. The summed E-state index contributed by atoms with van der Waals surface area (Å²) in [7, 11) is 0. The smallest absolute Gasteiger partial charge is 0.331 e. The third-order valence-electron chi connectivity index (χ3n) is 3.03. The van der Waals surface area contributed by atoms with Gasteiger partial charge in [0.25, 0.3) is 0 Å². The molecule has 0 spiro atoms. The van der Waals surface area contributed by atoms with Gasteiger partial charge in [-0.25, -0.2) is 4.79 Å². The molecule has 0 radical (unpaired) electrons. The molecule has 2 rings (SSSR count). The number of amides is 3. The van der Waals surface area contributed by atoms with E-state index >= 15 is 0 Å². The number of nitrogens with zero attached hydrogens (tertiary/aromatic N) is 1. The highest BCUT2D eigenvalue weighted by Gasteiger charge is 2.38. The zero-order chi connectivity index (χ0) is 14.8. The average molecular weight is 286 g/mol. The number of hydrogen-bond acceptors (Lipinski definition) is 2. The van der Waals surface area contributed by atoms with Crippen molar-refractivity contribution < 1.29 is 22.8 Å². The molecule has 1 aliphatic rings. The lowest BCUT2D eigenvalue weighted by molar-refractivity contribution is -0.154. The maximum Gasteiger partial charge on any atom is 0.406 e. The third-order valence-corrected chi connectivity index (χ3v) is 3.03. The van der Waals surface area contributed by atoms with Gasteiger partial charge in [0, 0.05) is 6.42 Å². The molecule has 20 heavy (non-hydrogen) atoms. The van der Waals surface area contributed by atoms with Crippen molar-refractivity contribution in [2.75, 3.05) is 6.54 Å². The van der Waals surface area contributed by atoms with Crippen LogP contribution in [-0.2, 0) is 4.79 Å². The molecule has 1 unspecified atom stereocenters. The summed E-state index contributed by atoms with van der Waals surface area (Å²) in [5.74, 6) is -0.807. The van der Waals surface area contributed by atoms with Crippen LogP contribution in [0.4, 0.5) is 18.0 Å². The van der Waals surface area contributed by atoms with Crippen LogP contribution in [0, 0.1) is 0 Å². The molecule has 1 N–H and O–H groups in total. The molecule has 1 saturated heterocycles. The predicted octanol–water partition coefficient (Wildman–Crippen LogP) is 2.62. The normalized spacial score (nSPS) is 20.6. The third kappa shape index (κ3) is 3.49. The van der Waals surface area contributed by atoms with E-state index in [-0.39, 0.29) is 17.7 Å². The van der Waals surface area contributed by atoms with Gasteiger partial charge in [-0.15, -0.1) is 0 Å². The molecule has 3 amide bonds. The summed E-state index contributed by atoms with van der Waals surface area (Å²) in [6.45, 7) is -1.56. The molecular weight excluding hydrogens is 273 g/mol. The van der Waals surface area contributed by atoms with Gasteiger partial charge in [-0.2, -0.15) is 13.2 Å². The van der Waals surface area contributed by atoms with Crippen molar-refractivity contribution >= 4 is 11.9 Å². The molecular formula is C13H13F3N2O2. The van der Waals surface area contributed by atoms with E-state index in [1.807, 2.05) is 0 Å². The Bertz CT molecular complexity index is 502. The Morgan fingerprint density at radius 2 is 1.85 bits per heavy atom. The SMILES string of the molecule is O=C1CCC(c2ccccc2)NC(=O)N1CC(F)(F)F. The number of benzene rings is 1. The number of rotatable bonds is 2. The summed E-state index contributed by atoms with van der Waals surface area (Å²) < 4.78 is 37.1. The molecule has 4 nitrogen and oxygen atoms in total. The Labute approximate surface area is 113 Å². The Morgan fingerprint density at radius 1 is 1.20 bits per heavy atom. The van der Waals surface area contributed by atoms with Gasteiger partial charge >= 0.3 is 12.2 Å². The minimum Gasteiger partial charge on any atom is -0.331 e. The second-order valence-corrected chi connectivity index (χ2v) is 4.55. The van der Waals surface area contributed by atoms with Crippen molar-refractivity contribution in [1.29, 1.82) is 0 Å². The van der Waals surface area contributed by atoms with Crippen molar-refractivity contribution in [1.82, 2.24) is 10.2 Å². The van der Waals surface area contributed by atoms with Crippen LogP contribution >= 0.6 is 0 Å². The molecule has 108 valence electrons. The zero-order valence-electron chi connectivity index (χ0n) is 10.5. The summed E-state index contributed by atoms with van der Waals surface area (Å²) >= 11 is 0. The van der Waals surface area contributed by atoms with Crippen molar-refractivity contribution in [3.05, 3.63) is 35.9 Å². The molecule has 7 heteroatoms. The zero-order valence-corrected chi connectivity index (χ0v) is 10.5. The standard InChI is InChI=1S/C13H13F3N2O2/c14-13(15,16)8-18-11(19)7-6-10(17-12(18)20)9-4-2-1-3-5-9/h1-5,10H,6-8H2,(H,17,20). The van der Waals surface area contributed by atoms with Crippen LogP contribution in [0.25, 0.3) is 0 Å². The molecule has 0 aliphatic carbocycles. The number of carbonyl (C=O) groups excluding carboxylic acids is 2. The molecule has 1 fully saturated rings. The molecule has 1 atom stereocenters. The number of urea groups is 1. The van der Waals surface area contributed by atoms with Crippen LogP contribution in [0.5, 0.6) is 0 Å². The van der Waals surface area contributed by atoms with Crippen LogP contribution < -0.4 is 5.32 Å². The molecule has 1 aromatic rings. The molecule has 0 saturated carbocycles. The maximum atomic E-state index is 12.4. The van der Waals surface area contributed by atoms with Gasteiger partial charge in [-0.1, -0.05) is 30.3 Å². The van der Waals surface area contributed by atoms with Crippen molar-refractivity contribution in [2.24, 2.45) is 0 Å². The predicted molar refractivity (Wildman–Crippen MR) is 64.7 cm³/mol. The van der Waals surface area contributed by atoms with Crippen LogP contribution in [-0.4, -0.2) is 29.6 Å². The molecule has 0 aromatic heterocycles. The van der Waals surface area contributed by atoms with Gasteiger partial charge < -0.3 is 5.32 Å². The summed E-state index contributed by atoms with van der Waals surface area (Å²) in [4.78, 5) is 23.6. The molecule has 1 aromatic carbocycles. The fraction of sp³-hybridized carbons (Fsp3) is 0.385. The Kier molecular flexibility index (Phi) is 3.96. The lowest BCUT2D eigenvalue weighted by atomic mass is 10.0. The van der Waals surface area contributed by atoms with Crippen LogP contribution in [0.3, 0.4) is 0 Å². The van der Waals surface area contributed by atoms with Crippen molar-refractivity contribution in [3.63, 3.8) is 0 Å². The molecule has 1 aliphatic heterocycles. The number of carbonyl (C=O) groups is 2. The second-order valence-electron chi connectivity index (χ2n) is 4.55. The topological polar surface area (TPSA) is 49.4 Å². The quantitative estimate of drug-likeness (QED) is 0.908. The van der Waals surface area contributed by atoms with Gasteiger partial charge in [-0.3, -0.25) is 9.69 Å². The van der Waals surface area contributed by atoms with Gasteiger partial charge in [0.15, 0.2) is 0 Å². The van der Waals surface area contributed by atoms with Gasteiger partial charge in [0.05, 0.1) is 6.04 Å². The fourth-order valence-corrected chi connectivity index (χ4v) is 2.09. The van der Waals surface area contributed by atoms with Crippen LogP contribution in [0.15, 0.2) is 30.3 Å². The number of hydrogen-bond donors (Lipinski definition) is 1. The Balaban J connectivity index is 2.15. The minimum absolute atomic E-state index is 0.103. The van der Waals surface area contributed by atoms with Gasteiger partial charge in [-0.05, 0) is 12.0 Å². The highest BCUT2D eigenvalue weighted by molar-refractivity contribution is 5.95. The summed E-state index contributed by atoms with van der Waals surface area (Å²) in [5.41, 5.74) is 0.766. The Hall–Kier alpha value is -2.05. The average Bonchev–Trinajstić information content (AvgIpc) is 2.52. The van der Waals surface area contributed by atoms with Gasteiger partial charge in [0.1, 0.15) is 6.54 Å². The first-order valence-corrected chi connectivity index (χ1v) is 6.09. The highest BCUT2D eigenvalue weighted by Crippen LogP contribution is 2.24. The largest absolute Gasteiger partial charge is 0.406 e. The number of imide groups is 1. The number of alkyl halides is 3. The van der Waals surface area contributed by atoms with Gasteiger partial charge in [0.2, 0.25) is 5.91 Å². The maximum absolute atomic E-state index is 12.4. The molecule has 1 heterocycles. The first kappa shape index (κ1) is 14.4. The van der Waals surface area contributed by atoms with E-state index < -0.39 is 30.7 Å². The van der Waals surface area contributed by atoms with E-state index in [4.69, 9.17) is 0 Å². The van der Waals surface area contributed by atoms with Crippen molar-refractivity contribution in [2.45, 2.75) is 25.1 Å². The van der Waals surface area contributed by atoms with Crippen molar-refractivity contribution in [3.8, 4) is 0 Å². The monoisotopic (exact) mass is 286 g/mol. The van der Waals surface area contributed by atoms with E-state index in [9.17, 15) is 22.8 Å². The highest BCUT2D eigenvalue weighted by atomic mass is 19.4. The lowest BCUT2D eigenvalue weighted by Gasteiger charge is -2.21.